The smallest absolute Gasteiger partial charge is 0.279 e. The molecule has 1 aromatic heterocycles. The van der Waals surface area contributed by atoms with Gasteiger partial charge in [0, 0.05) is 18.2 Å². The number of ether oxygens (including phenoxy) is 3. The van der Waals surface area contributed by atoms with E-state index in [2.05, 4.69) is 16.5 Å². The van der Waals surface area contributed by atoms with Gasteiger partial charge in [-0.1, -0.05) is 18.3 Å². The summed E-state index contributed by atoms with van der Waals surface area (Å²) in [5, 5.41) is 0. The van der Waals surface area contributed by atoms with E-state index in [0.717, 1.165) is 28.9 Å². The molecule has 6 nitrogen and oxygen atoms in total. The van der Waals surface area contributed by atoms with E-state index in [1.165, 1.54) is 11.3 Å². The van der Waals surface area contributed by atoms with Gasteiger partial charge in [-0.3, -0.25) is 4.79 Å². The molecular weight excluding hydrogens is 376 g/mol. The highest BCUT2D eigenvalue weighted by Crippen LogP contribution is 2.25. The minimum atomic E-state index is -0.335. The average Bonchev–Trinajstić information content (AvgIpc) is 3.04. The van der Waals surface area contributed by atoms with Crippen molar-refractivity contribution in [2.45, 2.75) is 26.8 Å². The number of rotatable bonds is 7. The van der Waals surface area contributed by atoms with Gasteiger partial charge in [-0.05, 0) is 43.7 Å². The molecule has 1 heterocycles. The van der Waals surface area contributed by atoms with Gasteiger partial charge in [-0.2, -0.15) is 4.99 Å². The van der Waals surface area contributed by atoms with Gasteiger partial charge in [-0.15, -0.1) is 0 Å². The fraction of sp³-hybridized carbons (Fsp3) is 0.333. The van der Waals surface area contributed by atoms with Crippen LogP contribution in [0.3, 0.4) is 0 Å². The van der Waals surface area contributed by atoms with Crippen LogP contribution in [0.5, 0.6) is 17.2 Å². The molecule has 0 aliphatic rings. The molecule has 0 saturated carbocycles. The maximum Gasteiger partial charge on any atom is 0.279 e. The number of hydrogen-bond acceptors (Lipinski definition) is 5. The first-order chi connectivity index (χ1) is 13.6. The Hall–Kier alpha value is -2.80. The number of methoxy groups -OCH3 is 2. The lowest BCUT2D eigenvalue weighted by Gasteiger charge is -2.06. The van der Waals surface area contributed by atoms with E-state index in [9.17, 15) is 4.79 Å². The third kappa shape index (κ3) is 4.20. The summed E-state index contributed by atoms with van der Waals surface area (Å²) in [5.74, 6) is 1.59. The van der Waals surface area contributed by atoms with E-state index in [1.54, 1.807) is 32.4 Å². The molecule has 7 heteroatoms. The molecule has 0 atom stereocenters. The second kappa shape index (κ2) is 8.93. The number of carbonyl (C=O) groups excluding carboxylic acids is 1. The van der Waals surface area contributed by atoms with E-state index in [4.69, 9.17) is 14.2 Å². The molecular formula is C21H24N2O4S. The minimum Gasteiger partial charge on any atom is -0.497 e. The number of amides is 1. The number of benzene rings is 2. The largest absolute Gasteiger partial charge is 0.497 e. The van der Waals surface area contributed by atoms with Gasteiger partial charge in [0.2, 0.25) is 0 Å². The van der Waals surface area contributed by atoms with Crippen LogP contribution in [-0.2, 0) is 6.54 Å². The van der Waals surface area contributed by atoms with Crippen LogP contribution in [0.25, 0.3) is 10.2 Å². The fourth-order valence-electron chi connectivity index (χ4n) is 2.92. The highest BCUT2D eigenvalue weighted by atomic mass is 32.1. The Morgan fingerprint density at radius 2 is 1.75 bits per heavy atom. The van der Waals surface area contributed by atoms with Crippen LogP contribution in [0.15, 0.2) is 41.4 Å². The Balaban J connectivity index is 2.09. The highest BCUT2D eigenvalue weighted by Gasteiger charge is 2.12. The quantitative estimate of drug-likeness (QED) is 0.594. The highest BCUT2D eigenvalue weighted by molar-refractivity contribution is 7.16. The fourth-order valence-corrected chi connectivity index (χ4v) is 4.00. The molecule has 28 heavy (non-hydrogen) atoms. The maximum atomic E-state index is 12.8. The summed E-state index contributed by atoms with van der Waals surface area (Å²) in [5.41, 5.74) is 1.47. The molecule has 0 N–H and O–H groups in total. The topological polar surface area (TPSA) is 62.1 Å². The van der Waals surface area contributed by atoms with Gasteiger partial charge in [-0.25, -0.2) is 0 Å². The van der Waals surface area contributed by atoms with Crippen molar-refractivity contribution >= 4 is 27.5 Å². The van der Waals surface area contributed by atoms with Crippen LogP contribution in [0.4, 0.5) is 0 Å². The number of hydrogen-bond donors (Lipinski definition) is 0. The Morgan fingerprint density at radius 1 is 1.04 bits per heavy atom. The Bertz CT molecular complexity index is 1030. The maximum absolute atomic E-state index is 12.8. The number of aryl methyl sites for hydroxylation is 1. The monoisotopic (exact) mass is 400 g/mol. The van der Waals surface area contributed by atoms with Crippen molar-refractivity contribution in [3.05, 3.63) is 46.8 Å². The zero-order valence-electron chi connectivity index (χ0n) is 16.5. The molecule has 2 aromatic carbocycles. The van der Waals surface area contributed by atoms with Gasteiger partial charge < -0.3 is 18.8 Å². The minimum absolute atomic E-state index is 0.335. The first-order valence-electron chi connectivity index (χ1n) is 9.17. The van der Waals surface area contributed by atoms with Crippen molar-refractivity contribution < 1.29 is 19.0 Å². The second-order valence-corrected chi connectivity index (χ2v) is 7.13. The van der Waals surface area contributed by atoms with E-state index in [-0.39, 0.29) is 5.91 Å². The Kier molecular flexibility index (Phi) is 6.36. The molecule has 0 aliphatic heterocycles. The van der Waals surface area contributed by atoms with Crippen LogP contribution in [-0.4, -0.2) is 31.3 Å². The van der Waals surface area contributed by atoms with Crippen LogP contribution >= 0.6 is 11.3 Å². The van der Waals surface area contributed by atoms with Crippen molar-refractivity contribution in [1.29, 1.82) is 0 Å². The molecule has 3 aromatic rings. The van der Waals surface area contributed by atoms with E-state index >= 15 is 0 Å². The summed E-state index contributed by atoms with van der Waals surface area (Å²) in [6.45, 7) is 5.45. The molecule has 0 bridgehead atoms. The summed E-state index contributed by atoms with van der Waals surface area (Å²) >= 11 is 1.48. The van der Waals surface area contributed by atoms with Crippen molar-refractivity contribution in [3.63, 3.8) is 0 Å². The van der Waals surface area contributed by atoms with Gasteiger partial charge in [0.1, 0.15) is 17.2 Å². The number of fused-ring (bicyclic) bond motifs is 1. The van der Waals surface area contributed by atoms with E-state index in [1.807, 2.05) is 25.1 Å². The molecule has 148 valence electrons. The first-order valence-corrected chi connectivity index (χ1v) is 9.99. The summed E-state index contributed by atoms with van der Waals surface area (Å²) in [6, 6.07) is 11.0. The number of thiazole rings is 1. The predicted octanol–water partition coefficient (Wildman–Crippen LogP) is 4.27. The normalized spacial score (nSPS) is 11.6. The lowest BCUT2D eigenvalue weighted by Crippen LogP contribution is -2.16. The molecule has 0 spiro atoms. The lowest BCUT2D eigenvalue weighted by molar-refractivity contribution is 0.0997. The van der Waals surface area contributed by atoms with Crippen LogP contribution in [0, 0.1) is 0 Å². The SMILES string of the molecule is CCCn1c(=NC(=O)c2cc(OC)cc(OC)c2)sc2cc(OCC)ccc21. The van der Waals surface area contributed by atoms with Crippen molar-refractivity contribution in [1.82, 2.24) is 4.57 Å². The standard InChI is InChI=1S/C21H24N2O4S/c1-5-9-23-18-8-7-15(27-6-2)13-19(18)28-21(23)22-20(24)14-10-16(25-3)12-17(11-14)26-4/h7-8,10-13H,5-6,9H2,1-4H3. The molecule has 1 amide bonds. The molecule has 0 fully saturated rings. The number of carbonyl (C=O) groups is 1. The average molecular weight is 401 g/mol. The van der Waals surface area contributed by atoms with Gasteiger partial charge in [0.15, 0.2) is 4.80 Å². The predicted molar refractivity (Wildman–Crippen MR) is 111 cm³/mol. The van der Waals surface area contributed by atoms with Crippen molar-refractivity contribution in [2.24, 2.45) is 4.99 Å². The van der Waals surface area contributed by atoms with Gasteiger partial charge in [0.25, 0.3) is 5.91 Å². The second-order valence-electron chi connectivity index (χ2n) is 6.12. The van der Waals surface area contributed by atoms with Gasteiger partial charge >= 0.3 is 0 Å². The lowest BCUT2D eigenvalue weighted by atomic mass is 10.2. The number of nitrogens with zero attached hydrogens (tertiary/aromatic N) is 2. The summed E-state index contributed by atoms with van der Waals surface area (Å²) in [7, 11) is 3.11. The zero-order chi connectivity index (χ0) is 20.1. The van der Waals surface area contributed by atoms with Crippen LogP contribution < -0.4 is 19.0 Å². The third-order valence-corrected chi connectivity index (χ3v) is 5.25. The molecule has 0 saturated heterocycles. The molecule has 0 aliphatic carbocycles. The first kappa shape index (κ1) is 19.9. The zero-order valence-corrected chi connectivity index (χ0v) is 17.3. The van der Waals surface area contributed by atoms with E-state index < -0.39 is 0 Å². The van der Waals surface area contributed by atoms with Crippen molar-refractivity contribution in [2.75, 3.05) is 20.8 Å². The Labute approximate surface area is 168 Å². The number of aromatic nitrogens is 1. The van der Waals surface area contributed by atoms with Crippen molar-refractivity contribution in [3.8, 4) is 17.2 Å². The summed E-state index contributed by atoms with van der Waals surface area (Å²) in [6.07, 6.45) is 0.938. The summed E-state index contributed by atoms with van der Waals surface area (Å²) < 4.78 is 19.2. The molecule has 0 radical (unpaired) electrons. The van der Waals surface area contributed by atoms with Gasteiger partial charge in [0.05, 0.1) is 31.0 Å². The third-order valence-electron chi connectivity index (χ3n) is 4.21. The summed E-state index contributed by atoms with van der Waals surface area (Å²) in [4.78, 5) is 17.9. The molecule has 3 rings (SSSR count). The Morgan fingerprint density at radius 3 is 2.36 bits per heavy atom. The van der Waals surface area contributed by atoms with Crippen LogP contribution in [0.1, 0.15) is 30.6 Å². The molecule has 0 unspecified atom stereocenters. The van der Waals surface area contributed by atoms with Crippen LogP contribution in [0.2, 0.25) is 0 Å². The van der Waals surface area contributed by atoms with E-state index in [0.29, 0.717) is 28.5 Å².